The number of nitrogens with one attached hydrogen (secondary N) is 2. The Balaban J connectivity index is 1.35. The highest BCUT2D eigenvalue weighted by molar-refractivity contribution is 6.31. The summed E-state index contributed by atoms with van der Waals surface area (Å²) < 4.78 is 11.8. The summed E-state index contributed by atoms with van der Waals surface area (Å²) in [6.07, 6.45) is 5.21. The summed E-state index contributed by atoms with van der Waals surface area (Å²) in [6, 6.07) is 18.6. The SMILES string of the molecule is Cc1ccc(CC2NC(=O)/C=C/CC(C(C)/C=C/c3ccc(CN4C(=O)c5ccccc5C4=O)cc3)OC(=O)C(CC(C)C)OC(=O)C(C)(C)CNC2=O)cc1Cl. The molecule has 4 amide bonds. The Morgan fingerprint density at radius 1 is 0.895 bits per heavy atom. The summed E-state index contributed by atoms with van der Waals surface area (Å²) in [5.74, 6) is -3.43. The molecule has 2 N–H and O–H groups in total. The Morgan fingerprint density at radius 3 is 2.18 bits per heavy atom. The van der Waals surface area contributed by atoms with Gasteiger partial charge in [0.25, 0.3) is 11.8 Å². The van der Waals surface area contributed by atoms with Gasteiger partial charge in [0.15, 0.2) is 6.10 Å². The molecule has 2 aliphatic heterocycles. The van der Waals surface area contributed by atoms with Crippen molar-refractivity contribution in [2.24, 2.45) is 17.3 Å². The first kappa shape index (κ1) is 42.6. The number of nitrogens with zero attached hydrogens (tertiary/aromatic N) is 1. The molecular weight excluding hydrogens is 746 g/mol. The second kappa shape index (κ2) is 18.6. The van der Waals surface area contributed by atoms with Gasteiger partial charge in [0, 0.05) is 30.3 Å². The van der Waals surface area contributed by atoms with Crippen molar-refractivity contribution in [1.29, 1.82) is 0 Å². The van der Waals surface area contributed by atoms with Gasteiger partial charge < -0.3 is 20.1 Å². The zero-order valence-electron chi connectivity index (χ0n) is 33.2. The monoisotopic (exact) mass is 795 g/mol. The van der Waals surface area contributed by atoms with E-state index in [1.165, 1.54) is 11.0 Å². The smallest absolute Gasteiger partial charge is 0.347 e. The highest BCUT2D eigenvalue weighted by Gasteiger charge is 2.37. The molecule has 0 aliphatic carbocycles. The number of imide groups is 1. The maximum Gasteiger partial charge on any atom is 0.347 e. The molecule has 2 aliphatic rings. The number of fused-ring (bicyclic) bond motifs is 1. The van der Waals surface area contributed by atoms with Gasteiger partial charge in [-0.1, -0.05) is 99.1 Å². The molecule has 4 atom stereocenters. The molecule has 4 unspecified atom stereocenters. The first-order valence-electron chi connectivity index (χ1n) is 19.2. The van der Waals surface area contributed by atoms with Gasteiger partial charge in [-0.3, -0.25) is 28.9 Å². The summed E-state index contributed by atoms with van der Waals surface area (Å²) >= 11 is 6.35. The second-order valence-electron chi connectivity index (χ2n) is 15.8. The molecule has 0 aromatic heterocycles. The predicted molar refractivity (Wildman–Crippen MR) is 217 cm³/mol. The largest absolute Gasteiger partial charge is 0.459 e. The molecule has 0 saturated heterocycles. The van der Waals surface area contributed by atoms with Crippen LogP contribution in [-0.4, -0.2) is 65.3 Å². The maximum atomic E-state index is 13.7. The summed E-state index contributed by atoms with van der Waals surface area (Å²) in [5, 5.41) is 6.09. The summed E-state index contributed by atoms with van der Waals surface area (Å²) in [4.78, 5) is 80.9. The van der Waals surface area contributed by atoms with Crippen LogP contribution in [0, 0.1) is 24.2 Å². The van der Waals surface area contributed by atoms with E-state index < -0.39 is 47.4 Å². The first-order chi connectivity index (χ1) is 27.0. The molecule has 5 rings (SSSR count). The fraction of sp³-hybridized carbons (Fsp3) is 0.378. The van der Waals surface area contributed by atoms with E-state index in [4.69, 9.17) is 21.1 Å². The molecule has 57 heavy (non-hydrogen) atoms. The molecule has 0 radical (unpaired) electrons. The molecule has 0 bridgehead atoms. The Morgan fingerprint density at radius 2 is 1.54 bits per heavy atom. The minimum absolute atomic E-state index is 0.0147. The number of hydrogen-bond donors (Lipinski definition) is 2. The van der Waals surface area contributed by atoms with Crippen LogP contribution in [0.5, 0.6) is 0 Å². The quantitative estimate of drug-likeness (QED) is 0.178. The van der Waals surface area contributed by atoms with Gasteiger partial charge in [-0.05, 0) is 79.6 Å². The predicted octanol–water partition coefficient (Wildman–Crippen LogP) is 6.79. The highest BCUT2D eigenvalue weighted by Crippen LogP contribution is 2.26. The van der Waals surface area contributed by atoms with Gasteiger partial charge in [0.05, 0.1) is 23.1 Å². The van der Waals surface area contributed by atoms with E-state index in [-0.39, 0.29) is 56.0 Å². The van der Waals surface area contributed by atoms with E-state index in [1.807, 2.05) is 76.2 Å². The molecule has 11 nitrogen and oxygen atoms in total. The number of rotatable bonds is 9. The Kier molecular flexibility index (Phi) is 13.9. The number of carbonyl (C=O) groups is 6. The number of halogens is 1. The van der Waals surface area contributed by atoms with Crippen LogP contribution in [-0.2, 0) is 41.6 Å². The van der Waals surface area contributed by atoms with E-state index in [0.717, 1.165) is 22.3 Å². The van der Waals surface area contributed by atoms with Crippen molar-refractivity contribution in [3.05, 3.63) is 123 Å². The van der Waals surface area contributed by atoms with Crippen LogP contribution in [0.3, 0.4) is 0 Å². The van der Waals surface area contributed by atoms with Gasteiger partial charge >= 0.3 is 11.9 Å². The number of aryl methyl sites for hydroxylation is 1. The summed E-state index contributed by atoms with van der Waals surface area (Å²) in [7, 11) is 0. The topological polar surface area (TPSA) is 148 Å². The number of benzene rings is 3. The summed E-state index contributed by atoms with van der Waals surface area (Å²) in [6.45, 7) is 10.8. The van der Waals surface area contributed by atoms with Crippen molar-refractivity contribution in [1.82, 2.24) is 15.5 Å². The molecule has 0 fully saturated rings. The van der Waals surface area contributed by atoms with Gasteiger partial charge in [-0.15, -0.1) is 0 Å². The average Bonchev–Trinajstić information content (AvgIpc) is 3.41. The van der Waals surface area contributed by atoms with Crippen molar-refractivity contribution in [3.8, 4) is 0 Å². The molecule has 300 valence electrons. The lowest BCUT2D eigenvalue weighted by Gasteiger charge is -2.29. The third-order valence-electron chi connectivity index (χ3n) is 10.0. The Bertz CT molecular complexity index is 2040. The lowest BCUT2D eigenvalue weighted by Crippen LogP contribution is -2.51. The van der Waals surface area contributed by atoms with Crippen molar-refractivity contribution in [2.75, 3.05) is 6.54 Å². The van der Waals surface area contributed by atoms with E-state index >= 15 is 0 Å². The van der Waals surface area contributed by atoms with Crippen molar-refractivity contribution in [2.45, 2.75) is 85.6 Å². The zero-order chi connectivity index (χ0) is 41.4. The number of esters is 2. The van der Waals surface area contributed by atoms with Gasteiger partial charge in [-0.2, -0.15) is 0 Å². The Labute approximate surface area is 338 Å². The second-order valence-corrected chi connectivity index (χ2v) is 16.2. The van der Waals surface area contributed by atoms with Crippen LogP contribution in [0.25, 0.3) is 6.08 Å². The van der Waals surface area contributed by atoms with Crippen molar-refractivity contribution >= 4 is 53.2 Å². The normalized spacial score (nSPS) is 21.8. The minimum Gasteiger partial charge on any atom is -0.459 e. The molecular formula is C45H50ClN3O8. The molecule has 2 heterocycles. The average molecular weight is 796 g/mol. The lowest BCUT2D eigenvalue weighted by atomic mass is 9.93. The van der Waals surface area contributed by atoms with E-state index in [1.54, 1.807) is 50.3 Å². The van der Waals surface area contributed by atoms with Crippen LogP contribution >= 0.6 is 11.6 Å². The van der Waals surface area contributed by atoms with Crippen molar-refractivity contribution < 1.29 is 38.2 Å². The summed E-state index contributed by atoms with van der Waals surface area (Å²) in [5.41, 5.74) is 2.79. The van der Waals surface area contributed by atoms with E-state index in [0.29, 0.717) is 16.1 Å². The number of hydrogen-bond acceptors (Lipinski definition) is 8. The van der Waals surface area contributed by atoms with Gasteiger partial charge in [0.2, 0.25) is 11.8 Å². The molecule has 3 aromatic carbocycles. The lowest BCUT2D eigenvalue weighted by molar-refractivity contribution is -0.178. The Hall–Kier alpha value is -5.55. The molecule has 12 heteroatoms. The molecule has 3 aromatic rings. The standard InChI is InChI=1S/C45H50ClN3O8/c1-27(2)22-38-43(54)56-37(29(4)15-16-30-18-20-31(21-19-30)25-49-41(52)33-10-7-8-11-34(33)42(49)53)12-9-13-39(50)48-36(24-32-17-14-28(3)35(46)23-32)40(51)47-26-45(5,6)44(55)57-38/h7-11,13-21,23,27,29,36-38H,12,22,24-26H2,1-6H3,(H,47,51)(H,48,50)/b13-9+,16-15+. The first-order valence-corrected chi connectivity index (χ1v) is 19.5. The van der Waals surface area contributed by atoms with Crippen LogP contribution in [0.15, 0.2) is 85.0 Å². The van der Waals surface area contributed by atoms with Crippen molar-refractivity contribution in [3.63, 3.8) is 0 Å². The fourth-order valence-corrected chi connectivity index (χ4v) is 6.63. The van der Waals surface area contributed by atoms with Crippen LogP contribution < -0.4 is 10.6 Å². The van der Waals surface area contributed by atoms with Gasteiger partial charge in [-0.25, -0.2) is 4.79 Å². The number of ether oxygens (including phenoxy) is 2. The van der Waals surface area contributed by atoms with E-state index in [2.05, 4.69) is 10.6 Å². The van der Waals surface area contributed by atoms with E-state index in [9.17, 15) is 28.8 Å². The van der Waals surface area contributed by atoms with Gasteiger partial charge in [0.1, 0.15) is 12.1 Å². The third kappa shape index (κ3) is 11.1. The number of amides is 4. The third-order valence-corrected chi connectivity index (χ3v) is 10.5. The van der Waals surface area contributed by atoms with Crippen LogP contribution in [0.2, 0.25) is 5.02 Å². The number of carbonyl (C=O) groups excluding carboxylic acids is 6. The molecule has 0 spiro atoms. The minimum atomic E-state index is -1.22. The molecule has 0 saturated carbocycles. The fourth-order valence-electron chi connectivity index (χ4n) is 6.43. The maximum absolute atomic E-state index is 13.7. The zero-order valence-corrected chi connectivity index (χ0v) is 33.9. The van der Waals surface area contributed by atoms with Crippen LogP contribution in [0.1, 0.15) is 90.4 Å². The number of cyclic esters (lactones) is 2. The highest BCUT2D eigenvalue weighted by atomic mass is 35.5. The van der Waals surface area contributed by atoms with Crippen LogP contribution in [0.4, 0.5) is 0 Å².